The van der Waals surface area contributed by atoms with Gasteiger partial charge in [0.2, 0.25) is 0 Å². The molecule has 0 radical (unpaired) electrons. The standard InChI is InChI=1S/C19H17ClN2O2/c1-3-24-18-7-5-4-6-17(18)22-19(23)15-11-13-10-14(20)8-9-16(13)21-12(15)2/h4-11H,3H2,1-2H3,(H,22,23). The van der Waals surface area contributed by atoms with Crippen molar-refractivity contribution in [3.05, 3.63) is 64.8 Å². The van der Waals surface area contributed by atoms with E-state index in [0.717, 1.165) is 10.9 Å². The number of fused-ring (bicyclic) bond motifs is 1. The minimum absolute atomic E-state index is 0.228. The number of benzene rings is 2. The maximum absolute atomic E-state index is 12.7. The van der Waals surface area contributed by atoms with Gasteiger partial charge in [-0.05, 0) is 50.2 Å². The molecule has 1 N–H and O–H groups in total. The number of nitrogens with zero attached hydrogens (tertiary/aromatic N) is 1. The molecule has 4 nitrogen and oxygen atoms in total. The Hall–Kier alpha value is -2.59. The highest BCUT2D eigenvalue weighted by atomic mass is 35.5. The third-order valence-electron chi connectivity index (χ3n) is 3.65. The van der Waals surface area contributed by atoms with E-state index in [4.69, 9.17) is 16.3 Å². The minimum Gasteiger partial charge on any atom is -0.492 e. The lowest BCUT2D eigenvalue weighted by molar-refractivity contribution is 0.102. The summed E-state index contributed by atoms with van der Waals surface area (Å²) in [4.78, 5) is 17.2. The molecule has 0 bridgehead atoms. The number of halogens is 1. The second-order valence-corrected chi connectivity index (χ2v) is 5.78. The Morgan fingerprint density at radius 3 is 2.79 bits per heavy atom. The Labute approximate surface area is 145 Å². The maximum atomic E-state index is 12.7. The number of aryl methyl sites for hydroxylation is 1. The normalized spacial score (nSPS) is 10.6. The highest BCUT2D eigenvalue weighted by Gasteiger charge is 2.14. The number of anilines is 1. The number of para-hydroxylation sites is 2. The zero-order valence-electron chi connectivity index (χ0n) is 13.5. The summed E-state index contributed by atoms with van der Waals surface area (Å²) >= 11 is 6.03. The number of carbonyl (C=O) groups excluding carboxylic acids is 1. The summed E-state index contributed by atoms with van der Waals surface area (Å²) in [7, 11) is 0. The summed E-state index contributed by atoms with van der Waals surface area (Å²) in [5.74, 6) is 0.414. The Kier molecular flexibility index (Phi) is 4.67. The van der Waals surface area contributed by atoms with Crippen molar-refractivity contribution in [2.75, 3.05) is 11.9 Å². The molecule has 24 heavy (non-hydrogen) atoms. The number of rotatable bonds is 4. The first kappa shape index (κ1) is 16.3. The van der Waals surface area contributed by atoms with Crippen molar-refractivity contribution >= 4 is 34.1 Å². The van der Waals surface area contributed by atoms with Gasteiger partial charge in [0.1, 0.15) is 5.75 Å². The van der Waals surface area contributed by atoms with E-state index in [1.165, 1.54) is 0 Å². The molecule has 5 heteroatoms. The van der Waals surface area contributed by atoms with Crippen LogP contribution < -0.4 is 10.1 Å². The van der Waals surface area contributed by atoms with E-state index in [0.29, 0.717) is 34.3 Å². The number of aromatic nitrogens is 1. The number of hydrogen-bond donors (Lipinski definition) is 1. The number of pyridine rings is 1. The average molecular weight is 341 g/mol. The first-order chi connectivity index (χ1) is 11.6. The van der Waals surface area contributed by atoms with E-state index in [2.05, 4.69) is 10.3 Å². The maximum Gasteiger partial charge on any atom is 0.257 e. The molecule has 3 aromatic rings. The first-order valence-electron chi connectivity index (χ1n) is 7.68. The zero-order chi connectivity index (χ0) is 17.1. The van der Waals surface area contributed by atoms with Gasteiger partial charge >= 0.3 is 0 Å². The van der Waals surface area contributed by atoms with Gasteiger partial charge in [-0.1, -0.05) is 23.7 Å². The molecule has 0 spiro atoms. The van der Waals surface area contributed by atoms with E-state index in [1.807, 2.05) is 50.2 Å². The van der Waals surface area contributed by atoms with E-state index in [1.54, 1.807) is 12.1 Å². The highest BCUT2D eigenvalue weighted by Crippen LogP contribution is 2.26. The number of carbonyl (C=O) groups is 1. The summed E-state index contributed by atoms with van der Waals surface area (Å²) in [5.41, 5.74) is 2.62. The molecule has 1 amide bonds. The van der Waals surface area contributed by atoms with Crippen LogP contribution in [0, 0.1) is 6.92 Å². The topological polar surface area (TPSA) is 51.2 Å². The predicted molar refractivity (Wildman–Crippen MR) is 97.1 cm³/mol. The van der Waals surface area contributed by atoms with Gasteiger partial charge in [-0.25, -0.2) is 0 Å². The lowest BCUT2D eigenvalue weighted by atomic mass is 10.1. The summed E-state index contributed by atoms with van der Waals surface area (Å²) < 4.78 is 5.54. The number of nitrogens with one attached hydrogen (secondary N) is 1. The van der Waals surface area contributed by atoms with Gasteiger partial charge < -0.3 is 10.1 Å². The van der Waals surface area contributed by atoms with E-state index in [-0.39, 0.29) is 5.91 Å². The molecule has 0 atom stereocenters. The van der Waals surface area contributed by atoms with Gasteiger partial charge in [0.15, 0.2) is 0 Å². The van der Waals surface area contributed by atoms with Gasteiger partial charge in [-0.15, -0.1) is 0 Å². The lowest BCUT2D eigenvalue weighted by Gasteiger charge is -2.12. The van der Waals surface area contributed by atoms with Crippen LogP contribution in [0.4, 0.5) is 5.69 Å². The van der Waals surface area contributed by atoms with Gasteiger partial charge in [-0.3, -0.25) is 9.78 Å². The molecule has 0 unspecified atom stereocenters. The molecular formula is C19H17ClN2O2. The summed E-state index contributed by atoms with van der Waals surface area (Å²) in [6.45, 7) is 4.25. The second kappa shape index (κ2) is 6.89. The molecule has 0 aliphatic carbocycles. The summed E-state index contributed by atoms with van der Waals surface area (Å²) in [6.07, 6.45) is 0. The van der Waals surface area contributed by atoms with Crippen LogP contribution >= 0.6 is 11.6 Å². The smallest absolute Gasteiger partial charge is 0.257 e. The van der Waals surface area contributed by atoms with E-state index < -0.39 is 0 Å². The summed E-state index contributed by atoms with van der Waals surface area (Å²) in [6, 6.07) is 14.6. The van der Waals surface area contributed by atoms with Crippen molar-refractivity contribution < 1.29 is 9.53 Å². The summed E-state index contributed by atoms with van der Waals surface area (Å²) in [5, 5.41) is 4.34. The third kappa shape index (κ3) is 3.34. The minimum atomic E-state index is -0.228. The van der Waals surface area contributed by atoms with Crippen molar-refractivity contribution in [1.29, 1.82) is 0 Å². The van der Waals surface area contributed by atoms with Crippen LogP contribution in [0.5, 0.6) is 5.75 Å². The molecule has 0 fully saturated rings. The van der Waals surface area contributed by atoms with Crippen LogP contribution in [0.2, 0.25) is 5.02 Å². The predicted octanol–water partition coefficient (Wildman–Crippen LogP) is 4.85. The second-order valence-electron chi connectivity index (χ2n) is 5.34. The monoisotopic (exact) mass is 340 g/mol. The van der Waals surface area contributed by atoms with Crippen molar-refractivity contribution in [3.63, 3.8) is 0 Å². The molecule has 1 heterocycles. The largest absolute Gasteiger partial charge is 0.492 e. The van der Waals surface area contributed by atoms with Crippen molar-refractivity contribution in [1.82, 2.24) is 4.98 Å². The fraction of sp³-hybridized carbons (Fsp3) is 0.158. The van der Waals surface area contributed by atoms with Gasteiger partial charge in [0.05, 0.1) is 29.1 Å². The molecular weight excluding hydrogens is 324 g/mol. The first-order valence-corrected chi connectivity index (χ1v) is 8.06. The molecule has 0 saturated carbocycles. The third-order valence-corrected chi connectivity index (χ3v) is 3.88. The van der Waals surface area contributed by atoms with Crippen LogP contribution in [0.15, 0.2) is 48.5 Å². The lowest BCUT2D eigenvalue weighted by Crippen LogP contribution is -2.15. The molecule has 122 valence electrons. The van der Waals surface area contributed by atoms with Crippen LogP contribution in [0.25, 0.3) is 10.9 Å². The number of amides is 1. The fourth-order valence-corrected chi connectivity index (χ4v) is 2.69. The van der Waals surface area contributed by atoms with Crippen molar-refractivity contribution in [3.8, 4) is 5.75 Å². The molecule has 1 aromatic heterocycles. The molecule has 0 saturated heterocycles. The molecule has 0 aliphatic rings. The Balaban J connectivity index is 1.95. The Morgan fingerprint density at radius 1 is 1.21 bits per heavy atom. The molecule has 3 rings (SSSR count). The fourth-order valence-electron chi connectivity index (χ4n) is 2.51. The molecule has 0 aliphatic heterocycles. The quantitative estimate of drug-likeness (QED) is 0.738. The zero-order valence-corrected chi connectivity index (χ0v) is 14.2. The van der Waals surface area contributed by atoms with Crippen molar-refractivity contribution in [2.24, 2.45) is 0 Å². The van der Waals surface area contributed by atoms with E-state index in [9.17, 15) is 4.79 Å². The van der Waals surface area contributed by atoms with Crippen LogP contribution in [-0.4, -0.2) is 17.5 Å². The average Bonchev–Trinajstić information content (AvgIpc) is 2.56. The van der Waals surface area contributed by atoms with E-state index >= 15 is 0 Å². The van der Waals surface area contributed by atoms with Crippen LogP contribution in [0.1, 0.15) is 23.0 Å². The van der Waals surface area contributed by atoms with Gasteiger partial charge in [-0.2, -0.15) is 0 Å². The Bertz CT molecular complexity index is 909. The van der Waals surface area contributed by atoms with Crippen LogP contribution in [-0.2, 0) is 0 Å². The van der Waals surface area contributed by atoms with Gasteiger partial charge in [0.25, 0.3) is 5.91 Å². The number of ether oxygens (including phenoxy) is 1. The Morgan fingerprint density at radius 2 is 2.00 bits per heavy atom. The van der Waals surface area contributed by atoms with Crippen LogP contribution in [0.3, 0.4) is 0 Å². The van der Waals surface area contributed by atoms with Gasteiger partial charge in [0, 0.05) is 10.4 Å². The number of hydrogen-bond acceptors (Lipinski definition) is 3. The SMILES string of the molecule is CCOc1ccccc1NC(=O)c1cc2cc(Cl)ccc2nc1C. The van der Waals surface area contributed by atoms with Crippen molar-refractivity contribution in [2.45, 2.75) is 13.8 Å². The highest BCUT2D eigenvalue weighted by molar-refractivity contribution is 6.31. The molecule has 2 aromatic carbocycles.